The van der Waals surface area contributed by atoms with Crippen molar-refractivity contribution < 1.29 is 33.7 Å². The maximum absolute atomic E-state index is 11.5. The molecule has 7 nitrogen and oxygen atoms in total. The van der Waals surface area contributed by atoms with E-state index in [1.807, 2.05) is 12.2 Å². The number of esters is 3. The van der Waals surface area contributed by atoms with Crippen LogP contribution >= 0.6 is 0 Å². The van der Waals surface area contributed by atoms with Crippen molar-refractivity contribution in [3.05, 3.63) is 23.5 Å². The van der Waals surface area contributed by atoms with Gasteiger partial charge in [0.25, 0.3) is 0 Å². The largest absolute Gasteiger partial charge is 0.469 e. The minimum Gasteiger partial charge on any atom is -0.469 e. The van der Waals surface area contributed by atoms with Crippen LogP contribution in [0.3, 0.4) is 0 Å². The lowest BCUT2D eigenvalue weighted by atomic mass is 9.93. The third-order valence-electron chi connectivity index (χ3n) is 5.58. The Bertz CT molecular complexity index is 665. The minimum absolute atomic E-state index is 0.199. The van der Waals surface area contributed by atoms with Crippen molar-refractivity contribution in [2.45, 2.75) is 104 Å². The highest BCUT2D eigenvalue weighted by Crippen LogP contribution is 2.37. The van der Waals surface area contributed by atoms with E-state index in [4.69, 9.17) is 9.47 Å². The zero-order chi connectivity index (χ0) is 23.9. The first-order valence-electron chi connectivity index (χ1n) is 11.8. The molecule has 3 atom stereocenters. The number of hydrogen-bond donors (Lipinski definition) is 1. The predicted octanol–water partition coefficient (Wildman–Crippen LogP) is 4.77. The van der Waals surface area contributed by atoms with Crippen molar-refractivity contribution >= 4 is 17.9 Å². The number of hydrogen-bond acceptors (Lipinski definition) is 7. The number of methoxy groups -OCH3 is 1. The van der Waals surface area contributed by atoms with E-state index in [1.54, 1.807) is 0 Å². The van der Waals surface area contributed by atoms with Crippen LogP contribution in [0.5, 0.6) is 0 Å². The van der Waals surface area contributed by atoms with Gasteiger partial charge in [0.1, 0.15) is 11.9 Å². The van der Waals surface area contributed by atoms with Gasteiger partial charge in [-0.3, -0.25) is 14.4 Å². The van der Waals surface area contributed by atoms with Crippen molar-refractivity contribution in [1.29, 1.82) is 0 Å². The topological polar surface area (TPSA) is 99.1 Å². The summed E-state index contributed by atoms with van der Waals surface area (Å²) in [5.41, 5.74) is 0.923. The Morgan fingerprint density at radius 3 is 2.41 bits per heavy atom. The highest BCUT2D eigenvalue weighted by atomic mass is 16.5. The van der Waals surface area contributed by atoms with Gasteiger partial charge in [-0.1, -0.05) is 38.7 Å². The Morgan fingerprint density at radius 1 is 1.06 bits per heavy atom. The van der Waals surface area contributed by atoms with Crippen LogP contribution in [-0.2, 0) is 28.6 Å². The third kappa shape index (κ3) is 10.9. The number of carbonyl (C=O) groups excluding carboxylic acids is 3. The first-order chi connectivity index (χ1) is 15.3. The van der Waals surface area contributed by atoms with Crippen LogP contribution in [0.25, 0.3) is 0 Å². The van der Waals surface area contributed by atoms with E-state index in [1.165, 1.54) is 21.0 Å². The summed E-state index contributed by atoms with van der Waals surface area (Å²) in [6, 6.07) is 0. The van der Waals surface area contributed by atoms with Crippen molar-refractivity contribution in [2.24, 2.45) is 5.92 Å². The molecule has 0 bridgehead atoms. The average molecular weight is 453 g/mol. The smallest absolute Gasteiger partial charge is 0.307 e. The van der Waals surface area contributed by atoms with Crippen molar-refractivity contribution in [1.82, 2.24) is 0 Å². The van der Waals surface area contributed by atoms with Gasteiger partial charge in [0.15, 0.2) is 0 Å². The Hall–Kier alpha value is -2.15. The van der Waals surface area contributed by atoms with Crippen LogP contribution in [0, 0.1) is 5.92 Å². The monoisotopic (exact) mass is 452 g/mol. The lowest BCUT2D eigenvalue weighted by molar-refractivity contribution is -0.144. The molecule has 0 amide bonds. The highest BCUT2D eigenvalue weighted by Gasteiger charge is 2.33. The number of unbranched alkanes of at least 4 members (excludes halogenated alkanes) is 5. The molecule has 1 aliphatic rings. The lowest BCUT2D eigenvalue weighted by Gasteiger charge is -2.17. The Labute approximate surface area is 192 Å². The summed E-state index contributed by atoms with van der Waals surface area (Å²) < 4.78 is 15.5. The zero-order valence-electron chi connectivity index (χ0n) is 20.1. The summed E-state index contributed by atoms with van der Waals surface area (Å²) in [5, 5.41) is 10.6. The Morgan fingerprint density at radius 2 is 1.78 bits per heavy atom. The van der Waals surface area contributed by atoms with E-state index in [9.17, 15) is 19.5 Å². The molecule has 0 heterocycles. The number of aliphatic hydroxyl groups excluding tert-OH is 1. The molecule has 0 unspecified atom stereocenters. The molecule has 1 aliphatic carbocycles. The van der Waals surface area contributed by atoms with Gasteiger partial charge in [0, 0.05) is 32.6 Å². The van der Waals surface area contributed by atoms with E-state index < -0.39 is 12.1 Å². The number of ether oxygens (including phenoxy) is 3. The summed E-state index contributed by atoms with van der Waals surface area (Å²) in [7, 11) is 1.39. The SMILES string of the molecule is CCCCC[C@@H](/C=C/[C@@H]1C(CCCCCCC(=O)OC)=C(OC(C)=O)C[C@H]1O)OC(C)=O. The molecule has 32 heavy (non-hydrogen) atoms. The molecule has 182 valence electrons. The maximum atomic E-state index is 11.5. The highest BCUT2D eigenvalue weighted by molar-refractivity contribution is 5.69. The molecule has 0 radical (unpaired) electrons. The summed E-state index contributed by atoms with van der Waals surface area (Å²) in [4.78, 5) is 34.2. The molecule has 0 saturated carbocycles. The molecule has 0 aliphatic heterocycles. The van der Waals surface area contributed by atoms with Gasteiger partial charge in [-0.05, 0) is 43.8 Å². The molecule has 0 aromatic rings. The second-order valence-electron chi connectivity index (χ2n) is 8.36. The Kier molecular flexibility index (Phi) is 13.6. The normalized spacial score (nSPS) is 19.3. The summed E-state index contributed by atoms with van der Waals surface area (Å²) >= 11 is 0. The van der Waals surface area contributed by atoms with E-state index in [0.717, 1.165) is 56.9 Å². The molecule has 1 N–H and O–H groups in total. The number of carbonyl (C=O) groups is 3. The second-order valence-corrected chi connectivity index (χ2v) is 8.36. The molecular weight excluding hydrogens is 412 g/mol. The molecule has 1 rings (SSSR count). The molecule has 0 aromatic heterocycles. The van der Waals surface area contributed by atoms with Gasteiger partial charge in [-0.2, -0.15) is 0 Å². The zero-order valence-corrected chi connectivity index (χ0v) is 20.1. The standard InChI is InChI=1S/C25H40O7/c1-5-6-9-12-20(31-18(2)26)15-16-21-22(24(17-23(21)28)32-19(3)27)13-10-7-8-11-14-25(29)30-4/h15-16,20-21,23,28H,5-14,17H2,1-4H3/b16-15+/t20-,21+,23+/m0/s1. The first-order valence-corrected chi connectivity index (χ1v) is 11.8. The van der Waals surface area contributed by atoms with E-state index in [2.05, 4.69) is 11.7 Å². The molecule has 0 saturated heterocycles. The van der Waals surface area contributed by atoms with Gasteiger partial charge in [-0.15, -0.1) is 0 Å². The first kappa shape index (κ1) is 27.9. The maximum Gasteiger partial charge on any atom is 0.307 e. The Balaban J connectivity index is 2.80. The predicted molar refractivity (Wildman–Crippen MR) is 121 cm³/mol. The van der Waals surface area contributed by atoms with Gasteiger partial charge in [-0.25, -0.2) is 0 Å². The fraction of sp³-hybridized carbons (Fsp3) is 0.720. The number of rotatable bonds is 15. The quantitative estimate of drug-likeness (QED) is 0.165. The number of aliphatic hydroxyl groups is 1. The summed E-state index contributed by atoms with van der Waals surface area (Å²) in [6.45, 7) is 4.88. The molecule has 0 aromatic carbocycles. The molecule has 7 heteroatoms. The van der Waals surface area contributed by atoms with Crippen LogP contribution in [0.4, 0.5) is 0 Å². The van der Waals surface area contributed by atoms with Crippen molar-refractivity contribution in [3.63, 3.8) is 0 Å². The van der Waals surface area contributed by atoms with Gasteiger partial charge < -0.3 is 19.3 Å². The summed E-state index contributed by atoms with van der Waals surface area (Å²) in [5.74, 6) is -0.653. The van der Waals surface area contributed by atoms with Gasteiger partial charge in [0.05, 0.1) is 13.2 Å². The van der Waals surface area contributed by atoms with Crippen molar-refractivity contribution in [2.75, 3.05) is 7.11 Å². The average Bonchev–Trinajstić information content (AvgIpc) is 3.01. The van der Waals surface area contributed by atoms with E-state index in [0.29, 0.717) is 25.0 Å². The fourth-order valence-electron chi connectivity index (χ4n) is 3.98. The van der Waals surface area contributed by atoms with Crippen LogP contribution in [0.1, 0.15) is 91.4 Å². The molecular formula is C25H40O7. The molecule has 0 spiro atoms. The van der Waals surface area contributed by atoms with Crippen molar-refractivity contribution in [3.8, 4) is 0 Å². The van der Waals surface area contributed by atoms with Crippen LogP contribution < -0.4 is 0 Å². The fourth-order valence-corrected chi connectivity index (χ4v) is 3.98. The minimum atomic E-state index is -0.677. The van der Waals surface area contributed by atoms with Crippen LogP contribution in [0.15, 0.2) is 23.5 Å². The second kappa shape index (κ2) is 15.6. The van der Waals surface area contributed by atoms with Crippen LogP contribution in [0.2, 0.25) is 0 Å². The molecule has 0 fully saturated rings. The van der Waals surface area contributed by atoms with E-state index in [-0.39, 0.29) is 24.0 Å². The van der Waals surface area contributed by atoms with Crippen LogP contribution in [-0.4, -0.2) is 42.3 Å². The van der Waals surface area contributed by atoms with E-state index >= 15 is 0 Å². The van der Waals surface area contributed by atoms with Gasteiger partial charge in [0.2, 0.25) is 0 Å². The lowest BCUT2D eigenvalue weighted by Crippen LogP contribution is -2.17. The third-order valence-corrected chi connectivity index (χ3v) is 5.58. The van der Waals surface area contributed by atoms with Gasteiger partial charge >= 0.3 is 17.9 Å². The summed E-state index contributed by atoms with van der Waals surface area (Å²) in [6.07, 6.45) is 11.5.